The fourth-order valence-corrected chi connectivity index (χ4v) is 2.99. The fraction of sp³-hybridized carbons (Fsp3) is 0.438. The van der Waals surface area contributed by atoms with Crippen molar-refractivity contribution in [2.24, 2.45) is 0 Å². The molecule has 21 heavy (non-hydrogen) atoms. The van der Waals surface area contributed by atoms with E-state index in [1.54, 1.807) is 23.7 Å². The van der Waals surface area contributed by atoms with Crippen LogP contribution in [0.25, 0.3) is 10.6 Å². The molecule has 4 nitrogen and oxygen atoms in total. The van der Waals surface area contributed by atoms with Gasteiger partial charge in [0.05, 0.1) is 12.1 Å². The second kappa shape index (κ2) is 7.88. The number of pyridine rings is 1. The molecule has 0 unspecified atom stereocenters. The smallest absolute Gasteiger partial charge is 0.228 e. The summed E-state index contributed by atoms with van der Waals surface area (Å²) in [4.78, 5) is 22.9. The van der Waals surface area contributed by atoms with Crippen LogP contribution in [0.15, 0.2) is 29.9 Å². The fourth-order valence-electron chi connectivity index (χ4n) is 2.18. The van der Waals surface area contributed by atoms with Gasteiger partial charge in [-0.05, 0) is 25.0 Å². The van der Waals surface area contributed by atoms with Gasteiger partial charge in [0.25, 0.3) is 0 Å². The van der Waals surface area contributed by atoms with Gasteiger partial charge in [-0.3, -0.25) is 9.78 Å². The number of amides is 1. The molecule has 0 aliphatic heterocycles. The Hall–Kier alpha value is -1.75. The first-order valence-electron chi connectivity index (χ1n) is 7.37. The van der Waals surface area contributed by atoms with Crippen LogP contribution >= 0.6 is 11.3 Å². The quantitative estimate of drug-likeness (QED) is 0.787. The molecule has 2 heterocycles. The first-order valence-corrected chi connectivity index (χ1v) is 8.25. The van der Waals surface area contributed by atoms with Crippen molar-refractivity contribution in [1.82, 2.24) is 14.9 Å². The molecule has 0 saturated heterocycles. The van der Waals surface area contributed by atoms with Gasteiger partial charge in [-0.1, -0.05) is 13.8 Å². The van der Waals surface area contributed by atoms with Crippen LogP contribution in [0.2, 0.25) is 0 Å². The molecule has 0 aromatic carbocycles. The van der Waals surface area contributed by atoms with Crippen LogP contribution in [-0.4, -0.2) is 33.9 Å². The second-order valence-electron chi connectivity index (χ2n) is 4.94. The third-order valence-electron chi connectivity index (χ3n) is 3.13. The summed E-state index contributed by atoms with van der Waals surface area (Å²) in [6, 6.07) is 3.88. The van der Waals surface area contributed by atoms with Gasteiger partial charge >= 0.3 is 0 Å². The van der Waals surface area contributed by atoms with Crippen LogP contribution < -0.4 is 0 Å². The minimum atomic E-state index is 0.168. The van der Waals surface area contributed by atoms with Crippen LogP contribution in [0.1, 0.15) is 32.4 Å². The van der Waals surface area contributed by atoms with Crippen molar-refractivity contribution < 1.29 is 4.79 Å². The van der Waals surface area contributed by atoms with Crippen LogP contribution in [0, 0.1) is 0 Å². The Morgan fingerprint density at radius 1 is 1.29 bits per heavy atom. The predicted molar refractivity (Wildman–Crippen MR) is 86.2 cm³/mol. The average molecular weight is 303 g/mol. The van der Waals surface area contributed by atoms with E-state index in [4.69, 9.17) is 0 Å². The largest absolute Gasteiger partial charge is 0.342 e. The minimum absolute atomic E-state index is 0.168. The Morgan fingerprint density at radius 3 is 2.67 bits per heavy atom. The van der Waals surface area contributed by atoms with E-state index in [-0.39, 0.29) is 5.91 Å². The van der Waals surface area contributed by atoms with E-state index in [2.05, 4.69) is 23.8 Å². The average Bonchev–Trinajstić information content (AvgIpc) is 2.96. The number of hydrogen-bond donors (Lipinski definition) is 0. The summed E-state index contributed by atoms with van der Waals surface area (Å²) >= 11 is 1.56. The number of aromatic nitrogens is 2. The van der Waals surface area contributed by atoms with Gasteiger partial charge < -0.3 is 4.90 Å². The maximum absolute atomic E-state index is 12.3. The summed E-state index contributed by atoms with van der Waals surface area (Å²) in [5.74, 6) is 0.168. The molecule has 0 saturated carbocycles. The van der Waals surface area contributed by atoms with Crippen molar-refractivity contribution in [1.29, 1.82) is 0 Å². The van der Waals surface area contributed by atoms with E-state index in [0.717, 1.165) is 42.2 Å². The van der Waals surface area contributed by atoms with E-state index >= 15 is 0 Å². The maximum atomic E-state index is 12.3. The lowest BCUT2D eigenvalue weighted by Gasteiger charge is -2.20. The Labute approximate surface area is 129 Å². The maximum Gasteiger partial charge on any atom is 0.228 e. The second-order valence-corrected chi connectivity index (χ2v) is 5.80. The number of nitrogens with zero attached hydrogens (tertiary/aromatic N) is 3. The van der Waals surface area contributed by atoms with Gasteiger partial charge in [0.1, 0.15) is 5.01 Å². The Balaban J connectivity index is 2.03. The highest BCUT2D eigenvalue weighted by Gasteiger charge is 2.14. The molecular weight excluding hydrogens is 282 g/mol. The summed E-state index contributed by atoms with van der Waals surface area (Å²) in [6.45, 7) is 5.84. The highest BCUT2D eigenvalue weighted by molar-refractivity contribution is 7.13. The molecule has 2 aromatic heterocycles. The Bertz CT molecular complexity index is 562. The van der Waals surface area contributed by atoms with E-state index in [9.17, 15) is 4.79 Å². The van der Waals surface area contributed by atoms with Gasteiger partial charge in [-0.15, -0.1) is 11.3 Å². The van der Waals surface area contributed by atoms with Crippen LogP contribution in [0.4, 0.5) is 0 Å². The standard InChI is InChI=1S/C16H21N3OS/c1-3-8-19(9-4-2)15(20)10-14-12-21-16(18-14)13-6-5-7-17-11-13/h5-7,11-12H,3-4,8-10H2,1-2H3. The van der Waals surface area contributed by atoms with Crippen molar-refractivity contribution in [3.8, 4) is 10.6 Å². The van der Waals surface area contributed by atoms with Crippen LogP contribution in [-0.2, 0) is 11.2 Å². The normalized spacial score (nSPS) is 10.6. The summed E-state index contributed by atoms with van der Waals surface area (Å²) in [5.41, 5.74) is 1.85. The van der Waals surface area contributed by atoms with Crippen LogP contribution in [0.3, 0.4) is 0 Å². The molecule has 1 amide bonds. The monoisotopic (exact) mass is 303 g/mol. The highest BCUT2D eigenvalue weighted by Crippen LogP contribution is 2.23. The molecule has 0 aliphatic carbocycles. The van der Waals surface area contributed by atoms with Crippen molar-refractivity contribution in [3.05, 3.63) is 35.6 Å². The molecule has 2 aromatic rings. The van der Waals surface area contributed by atoms with Crippen LogP contribution in [0.5, 0.6) is 0 Å². The molecular formula is C16H21N3OS. The van der Waals surface area contributed by atoms with E-state index in [1.165, 1.54) is 0 Å². The van der Waals surface area contributed by atoms with Gasteiger partial charge in [0, 0.05) is 36.4 Å². The zero-order chi connectivity index (χ0) is 15.1. The number of carbonyl (C=O) groups excluding carboxylic acids is 1. The lowest BCUT2D eigenvalue weighted by molar-refractivity contribution is -0.130. The Kier molecular flexibility index (Phi) is 5.87. The predicted octanol–water partition coefficient (Wildman–Crippen LogP) is 3.40. The van der Waals surface area contributed by atoms with Crippen molar-refractivity contribution >= 4 is 17.2 Å². The third kappa shape index (κ3) is 4.36. The molecule has 0 aliphatic rings. The number of rotatable bonds is 7. The molecule has 0 bridgehead atoms. The molecule has 112 valence electrons. The third-order valence-corrected chi connectivity index (χ3v) is 4.07. The summed E-state index contributed by atoms with van der Waals surface area (Å²) in [5, 5.41) is 2.89. The first-order chi connectivity index (χ1) is 10.2. The van der Waals surface area contributed by atoms with Gasteiger partial charge in [-0.2, -0.15) is 0 Å². The molecule has 0 fully saturated rings. The van der Waals surface area contributed by atoms with E-state index < -0.39 is 0 Å². The molecule has 0 N–H and O–H groups in total. The number of hydrogen-bond acceptors (Lipinski definition) is 4. The number of thiazole rings is 1. The highest BCUT2D eigenvalue weighted by atomic mass is 32.1. The minimum Gasteiger partial charge on any atom is -0.342 e. The van der Waals surface area contributed by atoms with Gasteiger partial charge in [0.2, 0.25) is 5.91 Å². The lowest BCUT2D eigenvalue weighted by atomic mass is 10.2. The summed E-state index contributed by atoms with van der Waals surface area (Å²) in [7, 11) is 0. The van der Waals surface area contributed by atoms with Crippen molar-refractivity contribution in [3.63, 3.8) is 0 Å². The van der Waals surface area contributed by atoms with E-state index in [1.807, 2.05) is 22.4 Å². The molecule has 0 spiro atoms. The zero-order valence-corrected chi connectivity index (χ0v) is 13.4. The zero-order valence-electron chi connectivity index (χ0n) is 12.6. The first kappa shape index (κ1) is 15.6. The SMILES string of the molecule is CCCN(CCC)C(=O)Cc1csc(-c2cccnc2)n1. The van der Waals surface area contributed by atoms with Gasteiger partial charge in [-0.25, -0.2) is 4.98 Å². The van der Waals surface area contributed by atoms with Crippen molar-refractivity contribution in [2.45, 2.75) is 33.1 Å². The summed E-state index contributed by atoms with van der Waals surface area (Å²) < 4.78 is 0. The number of carbonyl (C=O) groups is 1. The van der Waals surface area contributed by atoms with Crippen molar-refractivity contribution in [2.75, 3.05) is 13.1 Å². The molecule has 0 radical (unpaired) electrons. The Morgan fingerprint density at radius 2 is 2.05 bits per heavy atom. The van der Waals surface area contributed by atoms with E-state index in [0.29, 0.717) is 6.42 Å². The summed E-state index contributed by atoms with van der Waals surface area (Å²) in [6.07, 6.45) is 5.91. The molecule has 2 rings (SSSR count). The molecule has 5 heteroatoms. The van der Waals surface area contributed by atoms with Gasteiger partial charge in [0.15, 0.2) is 0 Å². The topological polar surface area (TPSA) is 46.1 Å². The lowest BCUT2D eigenvalue weighted by Crippen LogP contribution is -2.33. The molecule has 0 atom stereocenters.